The van der Waals surface area contributed by atoms with Crippen molar-refractivity contribution < 1.29 is 4.79 Å². The molecule has 0 bridgehead atoms. The summed E-state index contributed by atoms with van der Waals surface area (Å²) in [6, 6.07) is 10.2. The Morgan fingerprint density at radius 3 is 2.64 bits per heavy atom. The fourth-order valence-corrected chi connectivity index (χ4v) is 2.20. The second kappa shape index (κ2) is 7.59. The van der Waals surface area contributed by atoms with Crippen molar-refractivity contribution >= 4 is 12.0 Å². The van der Waals surface area contributed by atoms with E-state index in [-0.39, 0.29) is 5.91 Å². The molecule has 116 valence electrons. The first-order valence-electron chi connectivity index (χ1n) is 7.66. The molecule has 2 aromatic rings. The molecule has 0 aliphatic heterocycles. The van der Waals surface area contributed by atoms with E-state index < -0.39 is 0 Å². The van der Waals surface area contributed by atoms with Gasteiger partial charge in [-0.3, -0.25) is 9.48 Å². The molecule has 1 amide bonds. The summed E-state index contributed by atoms with van der Waals surface area (Å²) in [6.07, 6.45) is 5.14. The lowest BCUT2D eigenvalue weighted by Crippen LogP contribution is -2.22. The van der Waals surface area contributed by atoms with E-state index in [1.54, 1.807) is 12.3 Å². The third-order valence-electron chi connectivity index (χ3n) is 3.58. The number of carbonyl (C=O) groups excluding carboxylic acids is 1. The van der Waals surface area contributed by atoms with Crippen molar-refractivity contribution in [2.24, 2.45) is 0 Å². The highest BCUT2D eigenvalue weighted by Gasteiger charge is 2.02. The van der Waals surface area contributed by atoms with Crippen LogP contribution in [0.3, 0.4) is 0 Å². The van der Waals surface area contributed by atoms with Crippen LogP contribution in [-0.4, -0.2) is 15.7 Å². The zero-order valence-electron chi connectivity index (χ0n) is 13.4. The van der Waals surface area contributed by atoms with Crippen molar-refractivity contribution in [1.82, 2.24) is 15.1 Å². The van der Waals surface area contributed by atoms with E-state index in [1.165, 1.54) is 5.56 Å². The maximum Gasteiger partial charge on any atom is 0.244 e. The van der Waals surface area contributed by atoms with Gasteiger partial charge in [-0.1, -0.05) is 38.1 Å². The number of hydrogen-bond donors (Lipinski definition) is 1. The molecule has 4 heteroatoms. The second-order valence-electron chi connectivity index (χ2n) is 5.51. The number of nitrogens with one attached hydrogen (secondary N) is 1. The van der Waals surface area contributed by atoms with E-state index in [1.807, 2.05) is 35.9 Å². The Balaban J connectivity index is 1.88. The van der Waals surface area contributed by atoms with Crippen molar-refractivity contribution in [3.8, 4) is 0 Å². The Hall–Kier alpha value is -2.36. The molecule has 0 spiro atoms. The maximum atomic E-state index is 11.9. The van der Waals surface area contributed by atoms with Crippen molar-refractivity contribution in [1.29, 1.82) is 0 Å². The van der Waals surface area contributed by atoms with E-state index in [4.69, 9.17) is 0 Å². The van der Waals surface area contributed by atoms with Crippen LogP contribution in [0, 0.1) is 0 Å². The third kappa shape index (κ3) is 4.32. The molecule has 2 rings (SSSR count). The van der Waals surface area contributed by atoms with E-state index in [9.17, 15) is 4.79 Å². The number of amides is 1. The van der Waals surface area contributed by atoms with Crippen LogP contribution >= 0.6 is 0 Å². The number of carbonyl (C=O) groups is 1. The molecule has 0 saturated heterocycles. The van der Waals surface area contributed by atoms with Gasteiger partial charge in [0.15, 0.2) is 0 Å². The van der Waals surface area contributed by atoms with E-state index in [0.717, 1.165) is 17.8 Å². The fraction of sp³-hybridized carbons (Fsp3) is 0.333. The molecule has 1 aromatic heterocycles. The number of aryl methyl sites for hydroxylation is 1. The van der Waals surface area contributed by atoms with Gasteiger partial charge < -0.3 is 5.32 Å². The minimum absolute atomic E-state index is 0.100. The second-order valence-corrected chi connectivity index (χ2v) is 5.51. The van der Waals surface area contributed by atoms with Gasteiger partial charge in [-0.15, -0.1) is 0 Å². The summed E-state index contributed by atoms with van der Waals surface area (Å²) >= 11 is 0. The molecule has 1 aromatic carbocycles. The Kier molecular flexibility index (Phi) is 5.53. The Morgan fingerprint density at radius 1 is 1.27 bits per heavy atom. The average Bonchev–Trinajstić information content (AvgIpc) is 2.98. The van der Waals surface area contributed by atoms with Crippen molar-refractivity contribution in [3.63, 3.8) is 0 Å². The van der Waals surface area contributed by atoms with Crippen LogP contribution in [-0.2, 0) is 17.9 Å². The van der Waals surface area contributed by atoms with Gasteiger partial charge in [0.1, 0.15) is 0 Å². The Bertz CT molecular complexity index is 639. The molecular formula is C18H23N3O. The summed E-state index contributed by atoms with van der Waals surface area (Å²) in [5.74, 6) is 0.418. The highest BCUT2D eigenvalue weighted by molar-refractivity contribution is 5.91. The van der Waals surface area contributed by atoms with Gasteiger partial charge in [0.05, 0.1) is 12.2 Å². The van der Waals surface area contributed by atoms with Gasteiger partial charge in [0.25, 0.3) is 0 Å². The molecule has 0 fully saturated rings. The van der Waals surface area contributed by atoms with Crippen LogP contribution in [0.15, 0.2) is 42.6 Å². The molecule has 22 heavy (non-hydrogen) atoms. The highest BCUT2D eigenvalue weighted by atomic mass is 16.1. The van der Waals surface area contributed by atoms with Crippen LogP contribution in [0.5, 0.6) is 0 Å². The smallest absolute Gasteiger partial charge is 0.244 e. The van der Waals surface area contributed by atoms with Gasteiger partial charge in [0, 0.05) is 18.8 Å². The predicted molar refractivity (Wildman–Crippen MR) is 89.3 cm³/mol. The summed E-state index contributed by atoms with van der Waals surface area (Å²) in [4.78, 5) is 11.9. The van der Waals surface area contributed by atoms with Crippen LogP contribution in [0.25, 0.3) is 6.08 Å². The third-order valence-corrected chi connectivity index (χ3v) is 3.58. The Labute approximate surface area is 131 Å². The molecule has 0 atom stereocenters. The first kappa shape index (κ1) is 16.0. The first-order valence-corrected chi connectivity index (χ1v) is 7.66. The SMILES string of the molecule is CCn1nccc1CNC(=O)/C=C/c1ccc(C(C)C)cc1. The highest BCUT2D eigenvalue weighted by Crippen LogP contribution is 2.15. The lowest BCUT2D eigenvalue weighted by atomic mass is 10.0. The molecule has 0 aliphatic carbocycles. The summed E-state index contributed by atoms with van der Waals surface area (Å²) in [6.45, 7) is 7.65. The zero-order chi connectivity index (χ0) is 15.9. The molecule has 0 aliphatic rings. The average molecular weight is 297 g/mol. The van der Waals surface area contributed by atoms with Crippen molar-refractivity contribution in [2.75, 3.05) is 0 Å². The van der Waals surface area contributed by atoms with E-state index in [2.05, 4.69) is 36.4 Å². The minimum atomic E-state index is -0.100. The maximum absolute atomic E-state index is 11.9. The van der Waals surface area contributed by atoms with Crippen LogP contribution in [0.1, 0.15) is 43.5 Å². The number of nitrogens with zero attached hydrogens (tertiary/aromatic N) is 2. The summed E-state index contributed by atoms with van der Waals surface area (Å²) < 4.78 is 1.87. The standard InChI is InChI=1S/C18H23N3O/c1-4-21-17(11-12-20-21)13-19-18(22)10-7-15-5-8-16(9-6-15)14(2)3/h5-12,14H,4,13H2,1-3H3,(H,19,22)/b10-7+. The largest absolute Gasteiger partial charge is 0.347 e. The van der Waals surface area contributed by atoms with E-state index >= 15 is 0 Å². The van der Waals surface area contributed by atoms with Crippen LogP contribution in [0.2, 0.25) is 0 Å². The minimum Gasteiger partial charge on any atom is -0.347 e. The number of rotatable bonds is 6. The topological polar surface area (TPSA) is 46.9 Å². The monoisotopic (exact) mass is 297 g/mol. The number of benzene rings is 1. The number of hydrogen-bond acceptors (Lipinski definition) is 2. The molecule has 1 heterocycles. The fourth-order valence-electron chi connectivity index (χ4n) is 2.20. The summed E-state index contributed by atoms with van der Waals surface area (Å²) in [5, 5.41) is 7.05. The van der Waals surface area contributed by atoms with Gasteiger partial charge in [-0.2, -0.15) is 5.10 Å². The van der Waals surface area contributed by atoms with Gasteiger partial charge >= 0.3 is 0 Å². The normalized spacial score (nSPS) is 11.3. The van der Waals surface area contributed by atoms with Crippen molar-refractivity contribution in [3.05, 3.63) is 59.4 Å². The molecular weight excluding hydrogens is 274 g/mol. The summed E-state index contributed by atoms with van der Waals surface area (Å²) in [5.41, 5.74) is 3.33. The molecule has 0 saturated carbocycles. The zero-order valence-corrected chi connectivity index (χ0v) is 13.4. The summed E-state index contributed by atoms with van der Waals surface area (Å²) in [7, 11) is 0. The number of aromatic nitrogens is 2. The predicted octanol–water partition coefficient (Wildman–Crippen LogP) is 3.36. The molecule has 1 N–H and O–H groups in total. The van der Waals surface area contributed by atoms with Crippen LogP contribution < -0.4 is 5.32 Å². The first-order chi connectivity index (χ1) is 10.6. The van der Waals surface area contributed by atoms with Crippen LogP contribution in [0.4, 0.5) is 0 Å². The van der Waals surface area contributed by atoms with Gasteiger partial charge in [-0.05, 0) is 36.1 Å². The Morgan fingerprint density at radius 2 is 2.00 bits per heavy atom. The molecule has 4 nitrogen and oxygen atoms in total. The molecule has 0 radical (unpaired) electrons. The molecule has 0 unspecified atom stereocenters. The van der Waals surface area contributed by atoms with Crippen molar-refractivity contribution in [2.45, 2.75) is 39.8 Å². The van der Waals surface area contributed by atoms with Gasteiger partial charge in [-0.25, -0.2) is 0 Å². The van der Waals surface area contributed by atoms with E-state index in [0.29, 0.717) is 12.5 Å². The lowest BCUT2D eigenvalue weighted by molar-refractivity contribution is -0.116. The quantitative estimate of drug-likeness (QED) is 0.831. The lowest BCUT2D eigenvalue weighted by Gasteiger charge is -2.05. The van der Waals surface area contributed by atoms with Gasteiger partial charge in [0.2, 0.25) is 5.91 Å².